The van der Waals surface area contributed by atoms with Gasteiger partial charge in [0.2, 0.25) is 0 Å². The molecule has 1 aromatic carbocycles. The van der Waals surface area contributed by atoms with Crippen LogP contribution in [0.3, 0.4) is 0 Å². The molecule has 0 bridgehead atoms. The van der Waals surface area contributed by atoms with Gasteiger partial charge in [-0.05, 0) is 50.0 Å². The van der Waals surface area contributed by atoms with E-state index in [2.05, 4.69) is 4.90 Å². The molecule has 1 aromatic rings. The lowest BCUT2D eigenvalue weighted by molar-refractivity contribution is 0.178. The molecule has 0 saturated carbocycles. The van der Waals surface area contributed by atoms with Crippen molar-refractivity contribution in [1.82, 2.24) is 4.90 Å². The molecule has 0 N–H and O–H groups in total. The van der Waals surface area contributed by atoms with Gasteiger partial charge in [0, 0.05) is 6.04 Å². The fourth-order valence-electron chi connectivity index (χ4n) is 3.77. The van der Waals surface area contributed by atoms with E-state index in [9.17, 15) is 16.8 Å². The molecule has 2 fully saturated rings. The van der Waals surface area contributed by atoms with E-state index in [4.69, 9.17) is 0 Å². The zero-order valence-corrected chi connectivity index (χ0v) is 15.7. The van der Waals surface area contributed by atoms with E-state index < -0.39 is 31.0 Å². The Kier molecular flexibility index (Phi) is 5.04. The lowest BCUT2D eigenvalue weighted by Gasteiger charge is -2.34. The maximum absolute atomic E-state index is 13.1. The summed E-state index contributed by atoms with van der Waals surface area (Å²) < 4.78 is 50.5. The van der Waals surface area contributed by atoms with E-state index in [1.54, 1.807) is 12.1 Å². The zero-order chi connectivity index (χ0) is 17.4. The number of piperidine rings is 1. The van der Waals surface area contributed by atoms with Crippen molar-refractivity contribution in [2.75, 3.05) is 24.6 Å². The quantitative estimate of drug-likeness (QED) is 0.805. The van der Waals surface area contributed by atoms with Crippen LogP contribution in [-0.4, -0.2) is 57.6 Å². The fraction of sp³-hybridized carbons (Fsp3) is 0.647. The third-order valence-corrected chi connectivity index (χ3v) is 9.32. The van der Waals surface area contributed by atoms with Gasteiger partial charge >= 0.3 is 0 Å². The molecule has 0 unspecified atom stereocenters. The van der Waals surface area contributed by atoms with Crippen LogP contribution in [0.4, 0.5) is 0 Å². The number of sulfone groups is 2. The monoisotopic (exact) mass is 371 g/mol. The van der Waals surface area contributed by atoms with Gasteiger partial charge in [-0.25, -0.2) is 16.8 Å². The Hall–Kier alpha value is -0.920. The van der Waals surface area contributed by atoms with Crippen LogP contribution in [0, 0.1) is 0 Å². The van der Waals surface area contributed by atoms with Crippen molar-refractivity contribution in [1.29, 1.82) is 0 Å². The normalized spacial score (nSPS) is 28.0. The predicted octanol–water partition coefficient (Wildman–Crippen LogP) is 1.67. The van der Waals surface area contributed by atoms with Crippen molar-refractivity contribution >= 4 is 19.7 Å². The standard InChI is InChI=1S/C17H25NO4S2/c1-2-14-6-8-15(9-7-14)24(21,22)17-13-23(19,20)12-16(17)18-10-4-3-5-11-18/h6-9,16-17H,2-5,10-13H2,1H3/t16-,17-/m0/s1. The van der Waals surface area contributed by atoms with Gasteiger partial charge in [-0.2, -0.15) is 0 Å². The molecular weight excluding hydrogens is 346 g/mol. The van der Waals surface area contributed by atoms with Crippen LogP contribution in [0.5, 0.6) is 0 Å². The second-order valence-corrected chi connectivity index (χ2v) is 11.1. The van der Waals surface area contributed by atoms with Crippen LogP contribution in [0.15, 0.2) is 29.2 Å². The summed E-state index contributed by atoms with van der Waals surface area (Å²) in [6, 6.07) is 6.45. The van der Waals surface area contributed by atoms with Gasteiger partial charge in [0.1, 0.15) is 0 Å². The molecule has 5 nitrogen and oxygen atoms in total. The Labute approximate surface area is 144 Å². The molecule has 24 heavy (non-hydrogen) atoms. The highest BCUT2D eigenvalue weighted by molar-refractivity contribution is 7.96. The maximum atomic E-state index is 13.1. The van der Waals surface area contributed by atoms with Crippen molar-refractivity contribution in [2.45, 2.75) is 48.8 Å². The maximum Gasteiger partial charge on any atom is 0.183 e. The number of nitrogens with zero attached hydrogens (tertiary/aromatic N) is 1. The Bertz CT molecular complexity index is 778. The largest absolute Gasteiger partial charge is 0.298 e. The second kappa shape index (κ2) is 6.77. The minimum absolute atomic E-state index is 0.0378. The Balaban J connectivity index is 1.93. The Morgan fingerprint density at radius 1 is 1.04 bits per heavy atom. The summed E-state index contributed by atoms with van der Waals surface area (Å²) in [7, 11) is -6.97. The molecule has 0 aromatic heterocycles. The Morgan fingerprint density at radius 2 is 1.67 bits per heavy atom. The van der Waals surface area contributed by atoms with Gasteiger partial charge in [-0.3, -0.25) is 4.90 Å². The molecule has 3 rings (SSSR count). The molecule has 0 radical (unpaired) electrons. The summed E-state index contributed by atoms with van der Waals surface area (Å²) in [5.41, 5.74) is 1.07. The van der Waals surface area contributed by atoms with Crippen LogP contribution < -0.4 is 0 Å². The van der Waals surface area contributed by atoms with Gasteiger partial charge < -0.3 is 0 Å². The number of benzene rings is 1. The Morgan fingerprint density at radius 3 is 2.25 bits per heavy atom. The molecule has 0 aliphatic carbocycles. The molecule has 2 heterocycles. The van der Waals surface area contributed by atoms with E-state index in [-0.39, 0.29) is 16.4 Å². The van der Waals surface area contributed by atoms with Gasteiger partial charge in [0.05, 0.1) is 21.7 Å². The first-order chi connectivity index (χ1) is 11.3. The van der Waals surface area contributed by atoms with E-state index in [1.165, 1.54) is 0 Å². The molecule has 2 saturated heterocycles. The lowest BCUT2D eigenvalue weighted by Crippen LogP contribution is -2.48. The van der Waals surface area contributed by atoms with Crippen LogP contribution in [0.1, 0.15) is 31.7 Å². The summed E-state index contributed by atoms with van der Waals surface area (Å²) in [5.74, 6) is -0.296. The van der Waals surface area contributed by atoms with Crippen LogP contribution >= 0.6 is 0 Å². The number of hydrogen-bond donors (Lipinski definition) is 0. The smallest absolute Gasteiger partial charge is 0.183 e. The molecule has 0 spiro atoms. The molecular formula is C17H25NO4S2. The zero-order valence-electron chi connectivity index (χ0n) is 14.0. The van der Waals surface area contributed by atoms with Crippen LogP contribution in [-0.2, 0) is 26.1 Å². The molecule has 0 amide bonds. The summed E-state index contributed by atoms with van der Waals surface area (Å²) in [4.78, 5) is 2.32. The minimum Gasteiger partial charge on any atom is -0.298 e. The molecule has 2 aliphatic heterocycles. The van der Waals surface area contributed by atoms with Crippen molar-refractivity contribution in [3.05, 3.63) is 29.8 Å². The summed E-state index contributed by atoms with van der Waals surface area (Å²) >= 11 is 0. The molecule has 7 heteroatoms. The number of hydrogen-bond acceptors (Lipinski definition) is 5. The van der Waals surface area contributed by atoms with Crippen LogP contribution in [0.25, 0.3) is 0 Å². The summed E-state index contributed by atoms with van der Waals surface area (Å²) in [6.07, 6.45) is 3.99. The van der Waals surface area contributed by atoms with Crippen molar-refractivity contribution < 1.29 is 16.8 Å². The summed E-state index contributed by atoms with van der Waals surface area (Å²) in [6.45, 7) is 3.60. The highest BCUT2D eigenvalue weighted by atomic mass is 32.2. The van der Waals surface area contributed by atoms with Gasteiger partial charge in [0.25, 0.3) is 0 Å². The van der Waals surface area contributed by atoms with E-state index in [0.29, 0.717) is 0 Å². The van der Waals surface area contributed by atoms with Crippen molar-refractivity contribution in [2.24, 2.45) is 0 Å². The van der Waals surface area contributed by atoms with Crippen molar-refractivity contribution in [3.63, 3.8) is 0 Å². The molecule has 2 aliphatic rings. The van der Waals surface area contributed by atoms with E-state index >= 15 is 0 Å². The minimum atomic E-state index is -3.65. The van der Waals surface area contributed by atoms with Crippen LogP contribution in [0.2, 0.25) is 0 Å². The van der Waals surface area contributed by atoms with Gasteiger partial charge in [-0.15, -0.1) is 0 Å². The third-order valence-electron chi connectivity index (χ3n) is 5.19. The predicted molar refractivity (Wildman–Crippen MR) is 94.7 cm³/mol. The van der Waals surface area contributed by atoms with E-state index in [0.717, 1.165) is 44.3 Å². The first kappa shape index (κ1) is 17.9. The highest BCUT2D eigenvalue weighted by Crippen LogP contribution is 2.30. The fourth-order valence-corrected chi connectivity index (χ4v) is 8.60. The molecule has 2 atom stereocenters. The first-order valence-electron chi connectivity index (χ1n) is 8.61. The van der Waals surface area contributed by atoms with Gasteiger partial charge in [-0.1, -0.05) is 25.5 Å². The summed E-state index contributed by atoms with van der Waals surface area (Å²) in [5, 5.41) is -0.854. The molecule has 134 valence electrons. The van der Waals surface area contributed by atoms with Gasteiger partial charge in [0.15, 0.2) is 19.7 Å². The second-order valence-electron chi connectivity index (χ2n) is 6.82. The SMILES string of the molecule is CCc1ccc(S(=O)(=O)[C@H]2CS(=O)(=O)C[C@@H]2N2CCCCC2)cc1. The number of aryl methyl sites for hydroxylation is 1. The lowest BCUT2D eigenvalue weighted by atomic mass is 10.1. The average Bonchev–Trinajstić information content (AvgIpc) is 2.92. The topological polar surface area (TPSA) is 71.5 Å². The average molecular weight is 372 g/mol. The van der Waals surface area contributed by atoms with E-state index in [1.807, 2.05) is 19.1 Å². The number of likely N-dealkylation sites (tertiary alicyclic amines) is 1. The first-order valence-corrected chi connectivity index (χ1v) is 12.0. The third kappa shape index (κ3) is 3.53. The highest BCUT2D eigenvalue weighted by Gasteiger charge is 2.48. The number of rotatable bonds is 4. The van der Waals surface area contributed by atoms with Crippen molar-refractivity contribution in [3.8, 4) is 0 Å².